The van der Waals surface area contributed by atoms with Crippen LogP contribution in [-0.2, 0) is 5.75 Å². The Morgan fingerprint density at radius 1 is 1.15 bits per heavy atom. The van der Waals surface area contributed by atoms with Gasteiger partial charge in [-0.3, -0.25) is 4.79 Å². The highest BCUT2D eigenvalue weighted by Crippen LogP contribution is 2.37. The van der Waals surface area contributed by atoms with E-state index in [0.29, 0.717) is 18.8 Å². The van der Waals surface area contributed by atoms with Crippen LogP contribution in [0.5, 0.6) is 11.5 Å². The summed E-state index contributed by atoms with van der Waals surface area (Å²) in [5, 5.41) is 0.893. The van der Waals surface area contributed by atoms with E-state index in [1.165, 1.54) is 0 Å². The summed E-state index contributed by atoms with van der Waals surface area (Å²) in [5.41, 5.74) is 1.79. The summed E-state index contributed by atoms with van der Waals surface area (Å²) in [6, 6.07) is 7.75. The molecule has 1 aromatic heterocycles. The summed E-state index contributed by atoms with van der Waals surface area (Å²) in [7, 11) is 0. The molecule has 1 amide bonds. The van der Waals surface area contributed by atoms with Gasteiger partial charge in [-0.05, 0) is 42.7 Å². The number of amides is 1. The van der Waals surface area contributed by atoms with E-state index in [9.17, 15) is 4.79 Å². The quantitative estimate of drug-likeness (QED) is 0.676. The zero-order valence-corrected chi connectivity index (χ0v) is 16.6. The normalized spacial score (nSPS) is 16.0. The Labute approximate surface area is 165 Å². The molecule has 136 valence electrons. The molecule has 0 unspecified atom stereocenters. The van der Waals surface area contributed by atoms with Gasteiger partial charge in [-0.1, -0.05) is 15.9 Å². The van der Waals surface area contributed by atoms with Gasteiger partial charge in [0.25, 0.3) is 5.91 Å². The van der Waals surface area contributed by atoms with Crippen molar-refractivity contribution in [3.63, 3.8) is 0 Å². The molecule has 26 heavy (non-hydrogen) atoms. The number of fused-ring (bicyclic) bond motifs is 1. The van der Waals surface area contributed by atoms with Crippen molar-refractivity contribution in [1.82, 2.24) is 9.88 Å². The molecule has 4 rings (SSSR count). The van der Waals surface area contributed by atoms with Crippen molar-refractivity contribution in [2.45, 2.75) is 23.6 Å². The highest BCUT2D eigenvalue weighted by atomic mass is 79.9. The summed E-state index contributed by atoms with van der Waals surface area (Å²) in [5.74, 6) is 2.40. The number of likely N-dealkylation sites (tertiary alicyclic amines) is 1. The second kappa shape index (κ2) is 7.88. The third kappa shape index (κ3) is 3.83. The van der Waals surface area contributed by atoms with Crippen molar-refractivity contribution < 1.29 is 14.3 Å². The number of hydrogen-bond donors (Lipinski definition) is 0. The number of benzene rings is 1. The highest BCUT2D eigenvalue weighted by molar-refractivity contribution is 9.10. The second-order valence-corrected chi connectivity index (χ2v) is 8.11. The Balaban J connectivity index is 1.41. The Morgan fingerprint density at radius 3 is 2.58 bits per heavy atom. The van der Waals surface area contributed by atoms with Crippen LogP contribution in [0.3, 0.4) is 0 Å². The zero-order chi connectivity index (χ0) is 17.9. The van der Waals surface area contributed by atoms with Crippen molar-refractivity contribution in [3.8, 4) is 11.5 Å². The number of ether oxygens (including phenoxy) is 2. The van der Waals surface area contributed by atoms with Gasteiger partial charge in [-0.15, -0.1) is 11.8 Å². The number of nitrogens with zero attached hydrogens (tertiary/aromatic N) is 2. The van der Waals surface area contributed by atoms with Crippen LogP contribution in [0.1, 0.15) is 28.8 Å². The lowest BCUT2D eigenvalue weighted by molar-refractivity contribution is 0.0792. The molecule has 0 saturated carbocycles. The van der Waals surface area contributed by atoms with Crippen LogP contribution in [0.2, 0.25) is 0 Å². The van der Waals surface area contributed by atoms with Crippen LogP contribution in [0.4, 0.5) is 0 Å². The number of rotatable bonds is 4. The van der Waals surface area contributed by atoms with Gasteiger partial charge in [0.15, 0.2) is 11.5 Å². The molecule has 3 heterocycles. The van der Waals surface area contributed by atoms with Crippen LogP contribution in [0, 0.1) is 0 Å². The van der Waals surface area contributed by atoms with Crippen molar-refractivity contribution >= 4 is 33.6 Å². The minimum Gasteiger partial charge on any atom is -0.486 e. The Hall–Kier alpha value is -1.73. The fraction of sp³-hybridized carbons (Fsp3) is 0.368. The fourth-order valence-electron chi connectivity index (χ4n) is 3.06. The Kier molecular flexibility index (Phi) is 5.36. The maximum Gasteiger partial charge on any atom is 0.255 e. The molecule has 0 aliphatic carbocycles. The van der Waals surface area contributed by atoms with Gasteiger partial charge in [-0.25, -0.2) is 4.98 Å². The second-order valence-electron chi connectivity index (χ2n) is 6.26. The molecule has 1 saturated heterocycles. The van der Waals surface area contributed by atoms with Crippen molar-refractivity contribution in [2.24, 2.45) is 0 Å². The molecule has 7 heteroatoms. The summed E-state index contributed by atoms with van der Waals surface area (Å²) >= 11 is 5.23. The molecule has 0 bridgehead atoms. The predicted molar refractivity (Wildman–Crippen MR) is 104 cm³/mol. The lowest BCUT2D eigenvalue weighted by Crippen LogP contribution is -2.27. The number of hydrogen-bond acceptors (Lipinski definition) is 5. The predicted octanol–water partition coefficient (Wildman–Crippen LogP) is 4.14. The number of thioether (sulfide) groups is 1. The monoisotopic (exact) mass is 434 g/mol. The van der Waals surface area contributed by atoms with Gasteiger partial charge in [0.1, 0.15) is 13.2 Å². The number of pyridine rings is 1. The molecule has 2 aromatic rings. The first-order valence-corrected chi connectivity index (χ1v) is 10.4. The third-order valence-electron chi connectivity index (χ3n) is 4.46. The first-order chi connectivity index (χ1) is 12.7. The average molecular weight is 435 g/mol. The summed E-state index contributed by atoms with van der Waals surface area (Å²) < 4.78 is 12.2. The van der Waals surface area contributed by atoms with E-state index < -0.39 is 0 Å². The lowest BCUT2D eigenvalue weighted by atomic mass is 10.2. The molecule has 1 fully saturated rings. The topological polar surface area (TPSA) is 51.7 Å². The van der Waals surface area contributed by atoms with Gasteiger partial charge in [0.05, 0.1) is 10.6 Å². The maximum absolute atomic E-state index is 12.4. The zero-order valence-electron chi connectivity index (χ0n) is 14.2. The van der Waals surface area contributed by atoms with E-state index in [-0.39, 0.29) is 5.91 Å². The first-order valence-electron chi connectivity index (χ1n) is 8.67. The smallest absolute Gasteiger partial charge is 0.255 e. The summed E-state index contributed by atoms with van der Waals surface area (Å²) in [6.45, 7) is 2.87. The highest BCUT2D eigenvalue weighted by Gasteiger charge is 2.20. The molecule has 0 atom stereocenters. The molecule has 0 spiro atoms. The standard InChI is InChI=1S/C19H19BrN2O3S/c20-15-10-17-16(24-7-8-25-17)9-14(15)12-26-18-4-3-13(11-21-18)19(23)22-5-1-2-6-22/h3-4,9-11H,1-2,5-8,12H2. The van der Waals surface area contributed by atoms with Crippen LogP contribution in [0.25, 0.3) is 0 Å². The SMILES string of the molecule is O=C(c1ccc(SCc2cc3c(cc2Br)OCCO3)nc1)N1CCCC1. The van der Waals surface area contributed by atoms with Crippen LogP contribution in [-0.4, -0.2) is 42.1 Å². The van der Waals surface area contributed by atoms with Crippen LogP contribution in [0.15, 0.2) is 40.0 Å². The van der Waals surface area contributed by atoms with Gasteiger partial charge in [0, 0.05) is 29.5 Å². The van der Waals surface area contributed by atoms with Crippen LogP contribution >= 0.6 is 27.7 Å². The van der Waals surface area contributed by atoms with Crippen molar-refractivity contribution in [2.75, 3.05) is 26.3 Å². The lowest BCUT2D eigenvalue weighted by Gasteiger charge is -2.19. The molecule has 0 N–H and O–H groups in total. The summed E-state index contributed by atoms with van der Waals surface area (Å²) in [4.78, 5) is 18.7. The number of carbonyl (C=O) groups is 1. The van der Waals surface area contributed by atoms with E-state index in [4.69, 9.17) is 9.47 Å². The molecule has 5 nitrogen and oxygen atoms in total. The molecule has 1 aromatic carbocycles. The number of halogens is 1. The molecule has 2 aliphatic rings. The molecule has 2 aliphatic heterocycles. The van der Waals surface area contributed by atoms with Gasteiger partial charge < -0.3 is 14.4 Å². The largest absolute Gasteiger partial charge is 0.486 e. The van der Waals surface area contributed by atoms with E-state index >= 15 is 0 Å². The van der Waals surface area contributed by atoms with E-state index in [2.05, 4.69) is 20.9 Å². The van der Waals surface area contributed by atoms with E-state index in [1.807, 2.05) is 29.2 Å². The van der Waals surface area contributed by atoms with Gasteiger partial charge in [-0.2, -0.15) is 0 Å². The fourth-order valence-corrected chi connectivity index (χ4v) is 4.55. The maximum atomic E-state index is 12.4. The third-order valence-corrected chi connectivity index (χ3v) is 6.19. The minimum atomic E-state index is 0.0844. The molecular formula is C19H19BrN2O3S. The summed E-state index contributed by atoms with van der Waals surface area (Å²) in [6.07, 6.45) is 3.87. The minimum absolute atomic E-state index is 0.0844. The molecule has 0 radical (unpaired) electrons. The first kappa shape index (κ1) is 17.7. The number of aromatic nitrogens is 1. The average Bonchev–Trinajstić information content (AvgIpc) is 3.21. The van der Waals surface area contributed by atoms with Gasteiger partial charge in [0.2, 0.25) is 0 Å². The van der Waals surface area contributed by atoms with E-state index in [1.54, 1.807) is 18.0 Å². The van der Waals surface area contributed by atoms with Crippen molar-refractivity contribution in [3.05, 3.63) is 46.1 Å². The van der Waals surface area contributed by atoms with Crippen molar-refractivity contribution in [1.29, 1.82) is 0 Å². The van der Waals surface area contributed by atoms with Gasteiger partial charge >= 0.3 is 0 Å². The Bertz CT molecular complexity index is 807. The molecular weight excluding hydrogens is 416 g/mol. The Morgan fingerprint density at radius 2 is 1.88 bits per heavy atom. The van der Waals surface area contributed by atoms with E-state index in [0.717, 1.165) is 58.2 Å². The number of carbonyl (C=O) groups excluding carboxylic acids is 1. The van der Waals surface area contributed by atoms with Crippen LogP contribution < -0.4 is 9.47 Å².